The molecule has 4 rings (SSSR count). The summed E-state index contributed by atoms with van der Waals surface area (Å²) in [5.74, 6) is 0. The van der Waals surface area contributed by atoms with Gasteiger partial charge in [-0.05, 0) is 53.6 Å². The van der Waals surface area contributed by atoms with Gasteiger partial charge in [-0.1, -0.05) is 47.6 Å². The van der Waals surface area contributed by atoms with Crippen LogP contribution >= 0.6 is 23.4 Å². The number of halogens is 1. The van der Waals surface area contributed by atoms with E-state index in [0.717, 1.165) is 11.4 Å². The monoisotopic (exact) mass is 337 g/mol. The minimum atomic E-state index is 0.776. The van der Waals surface area contributed by atoms with Gasteiger partial charge in [-0.25, -0.2) is 0 Å². The summed E-state index contributed by atoms with van der Waals surface area (Å²) in [6, 6.07) is 23.2. The molecule has 0 radical (unpaired) electrons. The Bertz CT molecular complexity index is 858. The fourth-order valence-corrected chi connectivity index (χ4v) is 4.18. The maximum Gasteiger partial charge on any atom is 0.0455 e. The Kier molecular flexibility index (Phi) is 3.80. The minimum absolute atomic E-state index is 0.776. The van der Waals surface area contributed by atoms with Gasteiger partial charge in [0, 0.05) is 39.7 Å². The van der Waals surface area contributed by atoms with Gasteiger partial charge in [-0.3, -0.25) is 0 Å². The zero-order chi connectivity index (χ0) is 15.8. The van der Waals surface area contributed by atoms with E-state index in [9.17, 15) is 0 Å². The van der Waals surface area contributed by atoms with Crippen molar-refractivity contribution in [3.05, 3.63) is 82.9 Å². The van der Waals surface area contributed by atoms with Crippen molar-refractivity contribution in [2.75, 3.05) is 11.9 Å². The van der Waals surface area contributed by atoms with Gasteiger partial charge < -0.3 is 4.90 Å². The summed E-state index contributed by atoms with van der Waals surface area (Å²) in [4.78, 5) is 4.82. The van der Waals surface area contributed by atoms with E-state index in [4.69, 9.17) is 11.6 Å². The van der Waals surface area contributed by atoms with Crippen LogP contribution in [0.2, 0.25) is 5.02 Å². The third kappa shape index (κ3) is 2.73. The zero-order valence-electron chi connectivity index (χ0n) is 12.8. The van der Waals surface area contributed by atoms with Crippen LogP contribution in [0.3, 0.4) is 0 Å². The van der Waals surface area contributed by atoms with Crippen LogP contribution in [-0.4, -0.2) is 7.05 Å². The second-order valence-electron chi connectivity index (χ2n) is 5.67. The van der Waals surface area contributed by atoms with E-state index in [1.165, 1.54) is 32.3 Å². The molecule has 23 heavy (non-hydrogen) atoms. The molecule has 0 saturated heterocycles. The molecule has 3 aromatic rings. The zero-order valence-corrected chi connectivity index (χ0v) is 14.4. The summed E-state index contributed by atoms with van der Waals surface area (Å²) in [5.41, 5.74) is 5.37. The van der Waals surface area contributed by atoms with E-state index >= 15 is 0 Å². The van der Waals surface area contributed by atoms with E-state index in [1.54, 1.807) is 11.8 Å². The second kappa shape index (κ2) is 5.95. The highest BCUT2D eigenvalue weighted by Gasteiger charge is 2.21. The molecule has 0 saturated carbocycles. The second-order valence-corrected chi connectivity index (χ2v) is 7.23. The molecule has 0 fully saturated rings. The molecule has 1 aliphatic heterocycles. The summed E-state index contributed by atoms with van der Waals surface area (Å²) in [5, 5.41) is 0.776. The predicted molar refractivity (Wildman–Crippen MR) is 99.3 cm³/mol. The SMILES string of the molecule is CN1c2ccccc2Cc2c(Sc3ccc(Cl)cc3)cccc21. The fraction of sp³-hybridized carbons (Fsp3) is 0.100. The third-order valence-electron chi connectivity index (χ3n) is 4.23. The van der Waals surface area contributed by atoms with Crippen molar-refractivity contribution < 1.29 is 0 Å². The van der Waals surface area contributed by atoms with Crippen molar-refractivity contribution in [2.45, 2.75) is 16.2 Å². The van der Waals surface area contributed by atoms with Crippen molar-refractivity contribution in [3.8, 4) is 0 Å². The Hall–Kier alpha value is -1.90. The van der Waals surface area contributed by atoms with Crippen molar-refractivity contribution in [1.29, 1.82) is 0 Å². The molecule has 0 aromatic heterocycles. The molecule has 0 unspecified atom stereocenters. The predicted octanol–water partition coefficient (Wildman–Crippen LogP) is 6.16. The molecule has 3 aromatic carbocycles. The number of hydrogen-bond donors (Lipinski definition) is 0. The number of para-hydroxylation sites is 1. The molecule has 0 amide bonds. The Morgan fingerprint density at radius 2 is 1.61 bits per heavy atom. The van der Waals surface area contributed by atoms with Crippen molar-refractivity contribution in [2.24, 2.45) is 0 Å². The van der Waals surface area contributed by atoms with Crippen LogP contribution in [0.1, 0.15) is 11.1 Å². The van der Waals surface area contributed by atoms with Gasteiger partial charge in [0.15, 0.2) is 0 Å². The molecule has 3 heteroatoms. The first-order valence-electron chi connectivity index (χ1n) is 7.59. The molecule has 0 aliphatic carbocycles. The van der Waals surface area contributed by atoms with Gasteiger partial charge in [0.05, 0.1) is 0 Å². The van der Waals surface area contributed by atoms with E-state index in [-0.39, 0.29) is 0 Å². The normalized spacial score (nSPS) is 12.7. The molecule has 0 atom stereocenters. The standard InChI is InChI=1S/C20H16ClNS/c1-22-18-6-3-2-5-14(18)13-17-19(22)7-4-8-20(17)23-16-11-9-15(21)10-12-16/h2-12H,13H2,1H3. The van der Waals surface area contributed by atoms with Crippen molar-refractivity contribution in [3.63, 3.8) is 0 Å². The largest absolute Gasteiger partial charge is 0.344 e. The summed E-state index contributed by atoms with van der Waals surface area (Å²) in [6.07, 6.45) is 0.979. The number of rotatable bonds is 2. The van der Waals surface area contributed by atoms with Crippen LogP contribution in [0.4, 0.5) is 11.4 Å². The fourth-order valence-electron chi connectivity index (χ4n) is 3.08. The maximum atomic E-state index is 5.99. The van der Waals surface area contributed by atoms with Crippen LogP contribution in [0.5, 0.6) is 0 Å². The van der Waals surface area contributed by atoms with E-state index in [2.05, 4.69) is 66.5 Å². The molecule has 1 aliphatic rings. The molecule has 114 valence electrons. The Labute approximate surface area is 145 Å². The minimum Gasteiger partial charge on any atom is -0.344 e. The van der Waals surface area contributed by atoms with Crippen LogP contribution in [0.25, 0.3) is 0 Å². The average Bonchev–Trinajstić information content (AvgIpc) is 2.58. The average molecular weight is 338 g/mol. The third-order valence-corrected chi connectivity index (χ3v) is 5.59. The van der Waals surface area contributed by atoms with Crippen LogP contribution in [-0.2, 0) is 6.42 Å². The number of hydrogen-bond acceptors (Lipinski definition) is 2. The summed E-state index contributed by atoms with van der Waals surface area (Å²) in [6.45, 7) is 0. The summed E-state index contributed by atoms with van der Waals surface area (Å²) < 4.78 is 0. The number of benzene rings is 3. The Morgan fingerprint density at radius 3 is 2.43 bits per heavy atom. The summed E-state index contributed by atoms with van der Waals surface area (Å²) in [7, 11) is 2.15. The van der Waals surface area contributed by atoms with Crippen LogP contribution < -0.4 is 4.90 Å². The lowest BCUT2D eigenvalue weighted by molar-refractivity contribution is 1.02. The lowest BCUT2D eigenvalue weighted by atomic mass is 9.96. The van der Waals surface area contributed by atoms with Gasteiger partial charge in [-0.2, -0.15) is 0 Å². The van der Waals surface area contributed by atoms with Gasteiger partial charge in [-0.15, -0.1) is 0 Å². The lowest BCUT2D eigenvalue weighted by Gasteiger charge is -2.31. The van der Waals surface area contributed by atoms with E-state index in [1.807, 2.05) is 12.1 Å². The highest BCUT2D eigenvalue weighted by molar-refractivity contribution is 7.99. The molecule has 1 heterocycles. The van der Waals surface area contributed by atoms with E-state index in [0.29, 0.717) is 0 Å². The summed E-state index contributed by atoms with van der Waals surface area (Å²) >= 11 is 7.79. The van der Waals surface area contributed by atoms with Gasteiger partial charge in [0.2, 0.25) is 0 Å². The Morgan fingerprint density at radius 1 is 0.870 bits per heavy atom. The molecular weight excluding hydrogens is 322 g/mol. The maximum absolute atomic E-state index is 5.99. The van der Waals surface area contributed by atoms with Gasteiger partial charge in [0.25, 0.3) is 0 Å². The molecule has 0 N–H and O–H groups in total. The molecule has 1 nitrogen and oxygen atoms in total. The number of nitrogens with zero attached hydrogens (tertiary/aromatic N) is 1. The molecule has 0 bridgehead atoms. The smallest absolute Gasteiger partial charge is 0.0455 e. The number of fused-ring (bicyclic) bond motifs is 2. The van der Waals surface area contributed by atoms with Gasteiger partial charge in [0.1, 0.15) is 0 Å². The Balaban J connectivity index is 1.75. The quantitative estimate of drug-likeness (QED) is 0.550. The van der Waals surface area contributed by atoms with Crippen molar-refractivity contribution in [1.82, 2.24) is 0 Å². The number of anilines is 2. The van der Waals surface area contributed by atoms with Gasteiger partial charge >= 0.3 is 0 Å². The van der Waals surface area contributed by atoms with Crippen molar-refractivity contribution >= 4 is 34.7 Å². The van der Waals surface area contributed by atoms with Crippen LogP contribution in [0, 0.1) is 0 Å². The first kappa shape index (κ1) is 14.7. The molecule has 0 spiro atoms. The topological polar surface area (TPSA) is 3.24 Å². The first-order chi connectivity index (χ1) is 11.2. The lowest BCUT2D eigenvalue weighted by Crippen LogP contribution is -2.18. The van der Waals surface area contributed by atoms with E-state index < -0.39 is 0 Å². The highest BCUT2D eigenvalue weighted by atomic mass is 35.5. The first-order valence-corrected chi connectivity index (χ1v) is 8.79. The highest BCUT2D eigenvalue weighted by Crippen LogP contribution is 2.43. The van der Waals surface area contributed by atoms with Crippen LogP contribution in [0.15, 0.2) is 76.5 Å². The molecular formula is C20H16ClNS.